The second kappa shape index (κ2) is 8.99. The van der Waals surface area contributed by atoms with Crippen LogP contribution in [0.2, 0.25) is 0 Å². The second-order valence-corrected chi connectivity index (χ2v) is 7.51. The van der Waals surface area contributed by atoms with Crippen LogP contribution in [0.5, 0.6) is 0 Å². The summed E-state index contributed by atoms with van der Waals surface area (Å²) in [6.45, 7) is 5.37. The van der Waals surface area contributed by atoms with Crippen molar-refractivity contribution in [1.29, 1.82) is 0 Å². The molecule has 8 nitrogen and oxygen atoms in total. The Bertz CT molecular complexity index is 872. The van der Waals surface area contributed by atoms with Gasteiger partial charge in [-0.2, -0.15) is 0 Å². The Morgan fingerprint density at radius 3 is 2.36 bits per heavy atom. The lowest BCUT2D eigenvalue weighted by molar-refractivity contribution is -0.142. The number of carboxylic acid groups (broad SMARTS) is 1. The Hall–Kier alpha value is -2.71. The lowest BCUT2D eigenvalue weighted by atomic mass is 10.0. The van der Waals surface area contributed by atoms with E-state index in [0.29, 0.717) is 11.9 Å². The molecule has 0 radical (unpaired) electrons. The molecule has 3 atom stereocenters. The minimum atomic E-state index is -1.09. The first-order chi connectivity index (χ1) is 13.1. The van der Waals surface area contributed by atoms with Gasteiger partial charge >= 0.3 is 5.97 Å². The molecule has 28 heavy (non-hydrogen) atoms. The summed E-state index contributed by atoms with van der Waals surface area (Å²) >= 11 is 0. The summed E-state index contributed by atoms with van der Waals surface area (Å²) in [4.78, 5) is 36.2. The number of carbonyl (C=O) groups excluding carboxylic acids is 2. The number of hydrogen-bond donors (Lipinski definition) is 4. The Kier molecular flexibility index (Phi) is 6.93. The van der Waals surface area contributed by atoms with Crippen molar-refractivity contribution in [3.63, 3.8) is 0 Å². The fourth-order valence-corrected chi connectivity index (χ4v) is 3.12. The molecule has 1 aromatic heterocycles. The standard InChI is InChI=1S/C20H28N4O4/c1-11(2)8-16(20(27)28)23-18(25)15(22)9-13-10-24(19(26)12(3)21)17-7-5-4-6-14(13)17/h4-7,10-12,15-16H,8-9,21-22H2,1-3H3,(H,23,25)(H,27,28)/t12-,15-,16-/m0/s1. The Balaban J connectivity index is 2.22. The average Bonchev–Trinajstić information content (AvgIpc) is 2.98. The quantitative estimate of drug-likeness (QED) is 0.534. The molecule has 0 aliphatic heterocycles. The second-order valence-electron chi connectivity index (χ2n) is 7.51. The zero-order valence-electron chi connectivity index (χ0n) is 16.4. The lowest BCUT2D eigenvalue weighted by Crippen LogP contribution is -2.49. The lowest BCUT2D eigenvalue weighted by Gasteiger charge is -2.19. The van der Waals surface area contributed by atoms with Gasteiger partial charge < -0.3 is 21.9 Å². The van der Waals surface area contributed by atoms with E-state index >= 15 is 0 Å². The molecule has 2 rings (SSSR count). The van der Waals surface area contributed by atoms with Gasteiger partial charge in [-0.1, -0.05) is 32.0 Å². The predicted molar refractivity (Wildman–Crippen MR) is 107 cm³/mol. The van der Waals surface area contributed by atoms with E-state index in [1.807, 2.05) is 32.0 Å². The Morgan fingerprint density at radius 2 is 1.79 bits per heavy atom. The van der Waals surface area contributed by atoms with Crippen LogP contribution in [0, 0.1) is 5.92 Å². The highest BCUT2D eigenvalue weighted by Crippen LogP contribution is 2.23. The summed E-state index contributed by atoms with van der Waals surface area (Å²) in [6.07, 6.45) is 2.13. The molecule has 1 aromatic carbocycles. The van der Waals surface area contributed by atoms with Gasteiger partial charge in [0, 0.05) is 11.6 Å². The van der Waals surface area contributed by atoms with Crippen LogP contribution in [0.25, 0.3) is 10.9 Å². The molecule has 6 N–H and O–H groups in total. The van der Waals surface area contributed by atoms with Crippen LogP contribution >= 0.6 is 0 Å². The van der Waals surface area contributed by atoms with Crippen LogP contribution in [0.3, 0.4) is 0 Å². The van der Waals surface area contributed by atoms with E-state index in [1.54, 1.807) is 19.2 Å². The Labute approximate surface area is 163 Å². The number of carboxylic acids is 1. The maximum Gasteiger partial charge on any atom is 0.326 e. The first-order valence-corrected chi connectivity index (χ1v) is 9.29. The zero-order chi connectivity index (χ0) is 21.0. The van der Waals surface area contributed by atoms with E-state index in [2.05, 4.69) is 5.32 Å². The summed E-state index contributed by atoms with van der Waals surface area (Å²) in [5, 5.41) is 12.6. The summed E-state index contributed by atoms with van der Waals surface area (Å²) < 4.78 is 1.47. The van der Waals surface area contributed by atoms with E-state index in [-0.39, 0.29) is 18.2 Å². The predicted octanol–water partition coefficient (Wildman–Crippen LogP) is 1.11. The molecule has 8 heteroatoms. The first-order valence-electron chi connectivity index (χ1n) is 9.29. The van der Waals surface area contributed by atoms with Crippen LogP contribution in [-0.2, 0) is 16.0 Å². The number of para-hydroxylation sites is 1. The molecule has 0 aliphatic rings. The van der Waals surface area contributed by atoms with Crippen LogP contribution in [0.4, 0.5) is 0 Å². The zero-order valence-corrected chi connectivity index (χ0v) is 16.4. The number of aliphatic carboxylic acids is 1. The van der Waals surface area contributed by atoms with Crippen molar-refractivity contribution in [2.75, 3.05) is 0 Å². The van der Waals surface area contributed by atoms with E-state index in [1.165, 1.54) is 4.57 Å². The van der Waals surface area contributed by atoms with Gasteiger partial charge in [0.15, 0.2) is 0 Å². The fourth-order valence-electron chi connectivity index (χ4n) is 3.12. The molecule has 0 aliphatic carbocycles. The number of nitrogens with one attached hydrogen (secondary N) is 1. The van der Waals surface area contributed by atoms with Gasteiger partial charge in [0.2, 0.25) is 11.8 Å². The van der Waals surface area contributed by atoms with Crippen molar-refractivity contribution in [2.45, 2.75) is 51.7 Å². The van der Waals surface area contributed by atoms with Gasteiger partial charge in [0.05, 0.1) is 17.6 Å². The highest BCUT2D eigenvalue weighted by atomic mass is 16.4. The van der Waals surface area contributed by atoms with Gasteiger partial charge in [-0.25, -0.2) is 4.79 Å². The summed E-state index contributed by atoms with van der Waals surface area (Å²) in [5.41, 5.74) is 13.2. The van der Waals surface area contributed by atoms with Gasteiger partial charge in [-0.05, 0) is 37.3 Å². The van der Waals surface area contributed by atoms with Gasteiger partial charge in [0.1, 0.15) is 6.04 Å². The van der Waals surface area contributed by atoms with Crippen LogP contribution in [0.1, 0.15) is 37.6 Å². The third-order valence-electron chi connectivity index (χ3n) is 4.52. The van der Waals surface area contributed by atoms with Gasteiger partial charge in [-0.15, -0.1) is 0 Å². The number of nitrogens with zero attached hydrogens (tertiary/aromatic N) is 1. The molecule has 152 valence electrons. The number of amides is 1. The van der Waals surface area contributed by atoms with Crippen molar-refractivity contribution in [2.24, 2.45) is 17.4 Å². The summed E-state index contributed by atoms with van der Waals surface area (Å²) in [7, 11) is 0. The van der Waals surface area contributed by atoms with Crippen molar-refractivity contribution in [3.8, 4) is 0 Å². The smallest absolute Gasteiger partial charge is 0.326 e. The molecule has 0 saturated heterocycles. The normalized spacial score (nSPS) is 14.6. The van der Waals surface area contributed by atoms with Crippen molar-refractivity contribution in [1.82, 2.24) is 9.88 Å². The van der Waals surface area contributed by atoms with Crippen LogP contribution in [-0.4, -0.2) is 45.6 Å². The SMILES string of the molecule is CC(C)C[C@H](NC(=O)[C@@H](N)Cc1cn(C(=O)[C@H](C)N)c2ccccc12)C(=O)O. The first kappa shape index (κ1) is 21.6. The molecule has 1 amide bonds. The minimum absolute atomic E-state index is 0.111. The molecule has 0 bridgehead atoms. The van der Waals surface area contributed by atoms with E-state index in [4.69, 9.17) is 11.5 Å². The third-order valence-corrected chi connectivity index (χ3v) is 4.52. The molecule has 1 heterocycles. The Morgan fingerprint density at radius 1 is 1.14 bits per heavy atom. The highest BCUT2D eigenvalue weighted by molar-refractivity contribution is 5.97. The van der Waals surface area contributed by atoms with E-state index < -0.39 is 30.0 Å². The number of hydrogen-bond acceptors (Lipinski definition) is 5. The molecule has 2 aromatic rings. The number of benzene rings is 1. The molecule has 0 unspecified atom stereocenters. The maximum atomic E-state index is 12.4. The molecule has 0 spiro atoms. The van der Waals surface area contributed by atoms with Crippen LogP contribution < -0.4 is 16.8 Å². The third kappa shape index (κ3) is 4.96. The van der Waals surface area contributed by atoms with Crippen molar-refractivity contribution >= 4 is 28.7 Å². The highest BCUT2D eigenvalue weighted by Gasteiger charge is 2.25. The number of carbonyl (C=O) groups is 3. The van der Waals surface area contributed by atoms with Gasteiger partial charge in [-0.3, -0.25) is 14.2 Å². The van der Waals surface area contributed by atoms with E-state index in [9.17, 15) is 19.5 Å². The summed E-state index contributed by atoms with van der Waals surface area (Å²) in [6, 6.07) is 4.69. The number of aromatic nitrogens is 1. The van der Waals surface area contributed by atoms with Gasteiger partial charge in [0.25, 0.3) is 0 Å². The van der Waals surface area contributed by atoms with Crippen LogP contribution in [0.15, 0.2) is 30.5 Å². The van der Waals surface area contributed by atoms with Crippen molar-refractivity contribution < 1.29 is 19.5 Å². The number of rotatable bonds is 8. The largest absolute Gasteiger partial charge is 0.480 e. The summed E-state index contributed by atoms with van der Waals surface area (Å²) in [5.74, 6) is -1.78. The minimum Gasteiger partial charge on any atom is -0.480 e. The maximum absolute atomic E-state index is 12.4. The van der Waals surface area contributed by atoms with E-state index in [0.717, 1.165) is 10.9 Å². The molecular formula is C20H28N4O4. The topological polar surface area (TPSA) is 140 Å². The fraction of sp³-hybridized carbons (Fsp3) is 0.450. The average molecular weight is 388 g/mol. The number of fused-ring (bicyclic) bond motifs is 1. The van der Waals surface area contributed by atoms with Crippen molar-refractivity contribution in [3.05, 3.63) is 36.0 Å². The molecule has 0 saturated carbocycles. The molecule has 0 fully saturated rings. The molecular weight excluding hydrogens is 360 g/mol. The number of nitrogens with two attached hydrogens (primary N) is 2. The monoisotopic (exact) mass is 388 g/mol.